The van der Waals surface area contributed by atoms with E-state index in [9.17, 15) is 9.18 Å². The van der Waals surface area contributed by atoms with E-state index < -0.39 is 0 Å². The molecule has 1 atom stereocenters. The average molecular weight is 375 g/mol. The second-order valence-corrected chi connectivity index (χ2v) is 6.84. The van der Waals surface area contributed by atoms with E-state index in [2.05, 4.69) is 15.2 Å². The van der Waals surface area contributed by atoms with Gasteiger partial charge in [-0.25, -0.2) is 9.37 Å². The Morgan fingerprint density at radius 2 is 2.04 bits per heavy atom. The molecule has 0 saturated carbocycles. The van der Waals surface area contributed by atoms with Crippen LogP contribution in [0.4, 0.5) is 4.39 Å². The highest BCUT2D eigenvalue weighted by Crippen LogP contribution is 2.33. The van der Waals surface area contributed by atoms with Crippen LogP contribution >= 0.6 is 0 Å². The highest BCUT2D eigenvalue weighted by Gasteiger charge is 2.28. The number of nitrogens with zero attached hydrogens (tertiary/aromatic N) is 4. The van der Waals surface area contributed by atoms with Gasteiger partial charge in [-0.2, -0.15) is 10.4 Å². The maximum absolute atomic E-state index is 13.2. The number of benzene rings is 1. The van der Waals surface area contributed by atoms with E-state index in [1.54, 1.807) is 30.5 Å². The molecule has 0 radical (unpaired) electrons. The fraction of sp³-hybridized carbons (Fsp3) is 0.238. The quantitative estimate of drug-likeness (QED) is 0.759. The second-order valence-electron chi connectivity index (χ2n) is 6.84. The summed E-state index contributed by atoms with van der Waals surface area (Å²) in [6.07, 6.45) is 5.01. The van der Waals surface area contributed by atoms with Crippen LogP contribution in [0.2, 0.25) is 0 Å². The van der Waals surface area contributed by atoms with E-state index in [4.69, 9.17) is 5.26 Å². The lowest BCUT2D eigenvalue weighted by molar-refractivity contribution is 0.0705. The van der Waals surface area contributed by atoms with Crippen molar-refractivity contribution in [3.05, 3.63) is 71.6 Å². The highest BCUT2D eigenvalue weighted by atomic mass is 19.1. The third-order valence-corrected chi connectivity index (χ3v) is 5.07. The minimum Gasteiger partial charge on any atom is -0.338 e. The van der Waals surface area contributed by atoms with Crippen LogP contribution in [0.25, 0.3) is 11.1 Å². The predicted octanol–water partition coefficient (Wildman–Crippen LogP) is 3.50. The van der Waals surface area contributed by atoms with Crippen LogP contribution < -0.4 is 0 Å². The number of carbonyl (C=O) groups excluding carboxylic acids is 1. The number of piperidine rings is 1. The van der Waals surface area contributed by atoms with Gasteiger partial charge in [-0.15, -0.1) is 0 Å². The van der Waals surface area contributed by atoms with Crippen LogP contribution in [0.1, 0.15) is 40.5 Å². The van der Waals surface area contributed by atoms with E-state index >= 15 is 0 Å². The zero-order chi connectivity index (χ0) is 19.5. The Morgan fingerprint density at radius 3 is 2.75 bits per heavy atom. The first-order chi connectivity index (χ1) is 13.7. The van der Waals surface area contributed by atoms with Crippen molar-refractivity contribution in [2.75, 3.05) is 13.1 Å². The zero-order valence-corrected chi connectivity index (χ0v) is 15.1. The van der Waals surface area contributed by atoms with Crippen molar-refractivity contribution in [3.8, 4) is 17.2 Å². The molecule has 6 nitrogen and oxygen atoms in total. The summed E-state index contributed by atoms with van der Waals surface area (Å²) in [4.78, 5) is 18.6. The molecule has 1 unspecified atom stereocenters. The number of H-pyrrole nitrogens is 1. The number of hydrogen-bond donors (Lipinski definition) is 1. The van der Waals surface area contributed by atoms with Crippen molar-refractivity contribution in [2.45, 2.75) is 18.8 Å². The number of aromatic nitrogens is 3. The lowest BCUT2D eigenvalue weighted by atomic mass is 9.90. The van der Waals surface area contributed by atoms with Gasteiger partial charge in [0.15, 0.2) is 0 Å². The molecule has 3 heterocycles. The van der Waals surface area contributed by atoms with Crippen LogP contribution in [0.5, 0.6) is 0 Å². The molecular formula is C21H18FN5O. The molecule has 3 aromatic rings. The van der Waals surface area contributed by atoms with Crippen LogP contribution in [0.3, 0.4) is 0 Å². The minimum absolute atomic E-state index is 0.0930. The highest BCUT2D eigenvalue weighted by molar-refractivity contribution is 5.94. The first kappa shape index (κ1) is 17.9. The van der Waals surface area contributed by atoms with Crippen LogP contribution in [-0.2, 0) is 0 Å². The maximum Gasteiger partial charge on any atom is 0.255 e. The molecule has 0 bridgehead atoms. The third-order valence-electron chi connectivity index (χ3n) is 5.07. The van der Waals surface area contributed by atoms with Crippen LogP contribution in [0, 0.1) is 17.1 Å². The van der Waals surface area contributed by atoms with E-state index in [-0.39, 0.29) is 23.3 Å². The molecule has 0 aliphatic carbocycles. The summed E-state index contributed by atoms with van der Waals surface area (Å²) in [5.74, 6) is -0.254. The third kappa shape index (κ3) is 3.49. The molecule has 1 aliphatic heterocycles. The Hall–Kier alpha value is -3.53. The predicted molar refractivity (Wildman–Crippen MR) is 101 cm³/mol. The van der Waals surface area contributed by atoms with Crippen molar-refractivity contribution in [1.29, 1.82) is 5.26 Å². The Kier molecular flexibility index (Phi) is 4.85. The van der Waals surface area contributed by atoms with E-state index in [1.807, 2.05) is 11.0 Å². The molecule has 4 rings (SSSR count). The van der Waals surface area contributed by atoms with Crippen molar-refractivity contribution in [3.63, 3.8) is 0 Å². The van der Waals surface area contributed by atoms with E-state index in [0.29, 0.717) is 18.7 Å². The van der Waals surface area contributed by atoms with Crippen LogP contribution in [-0.4, -0.2) is 39.1 Å². The van der Waals surface area contributed by atoms with Gasteiger partial charge in [0, 0.05) is 36.5 Å². The molecule has 1 fully saturated rings. The standard InChI is InChI=1S/C21H18FN5O/c22-17-6-3-14(4-7-17)19-12-25-26-20(19)16-2-1-9-27(13-16)21(28)15-5-8-18(10-23)24-11-15/h3-8,11-12,16H,1-2,9,13H2,(H,25,26). The molecule has 7 heteroatoms. The van der Waals surface area contributed by atoms with Gasteiger partial charge in [-0.3, -0.25) is 9.89 Å². The zero-order valence-electron chi connectivity index (χ0n) is 15.1. The number of hydrogen-bond acceptors (Lipinski definition) is 4. The van der Waals surface area contributed by atoms with Gasteiger partial charge in [0.1, 0.15) is 17.6 Å². The Balaban J connectivity index is 1.54. The minimum atomic E-state index is -0.278. The van der Waals surface area contributed by atoms with Crippen molar-refractivity contribution >= 4 is 5.91 Å². The fourth-order valence-electron chi connectivity index (χ4n) is 3.63. The summed E-state index contributed by atoms with van der Waals surface area (Å²) in [5.41, 5.74) is 3.55. The number of nitriles is 1. The smallest absolute Gasteiger partial charge is 0.255 e. The molecule has 28 heavy (non-hydrogen) atoms. The van der Waals surface area contributed by atoms with Gasteiger partial charge in [0.2, 0.25) is 0 Å². The summed E-state index contributed by atoms with van der Waals surface area (Å²) < 4.78 is 13.2. The molecule has 140 valence electrons. The summed E-state index contributed by atoms with van der Waals surface area (Å²) in [7, 11) is 0. The first-order valence-electron chi connectivity index (χ1n) is 9.10. The fourth-order valence-corrected chi connectivity index (χ4v) is 3.63. The second kappa shape index (κ2) is 7.61. The van der Waals surface area contributed by atoms with Gasteiger partial charge < -0.3 is 4.90 Å². The summed E-state index contributed by atoms with van der Waals surface area (Å²) >= 11 is 0. The molecule has 1 saturated heterocycles. The lowest BCUT2D eigenvalue weighted by Crippen LogP contribution is -2.39. The lowest BCUT2D eigenvalue weighted by Gasteiger charge is -2.32. The Labute approximate surface area is 161 Å². The summed E-state index contributed by atoms with van der Waals surface area (Å²) in [6, 6.07) is 11.5. The molecule has 1 amide bonds. The number of pyridine rings is 1. The van der Waals surface area contributed by atoms with Gasteiger partial charge >= 0.3 is 0 Å². The van der Waals surface area contributed by atoms with E-state index in [0.717, 1.165) is 29.7 Å². The normalized spacial score (nSPS) is 16.6. The van der Waals surface area contributed by atoms with Gasteiger partial charge in [0.05, 0.1) is 11.8 Å². The topological polar surface area (TPSA) is 85.7 Å². The number of aromatic amines is 1. The number of nitrogens with one attached hydrogen (secondary N) is 1. The van der Waals surface area contributed by atoms with E-state index in [1.165, 1.54) is 18.3 Å². The number of amides is 1. The molecule has 1 aliphatic rings. The molecule has 1 aromatic carbocycles. The number of rotatable bonds is 3. The van der Waals surface area contributed by atoms with Gasteiger partial charge in [-0.05, 0) is 42.7 Å². The van der Waals surface area contributed by atoms with Gasteiger partial charge in [0.25, 0.3) is 5.91 Å². The number of likely N-dealkylation sites (tertiary alicyclic amines) is 1. The van der Waals surface area contributed by atoms with Crippen molar-refractivity contribution < 1.29 is 9.18 Å². The SMILES string of the molecule is N#Cc1ccc(C(=O)N2CCCC(c3[nH]ncc3-c3ccc(F)cc3)C2)cn1. The monoisotopic (exact) mass is 375 g/mol. The number of carbonyl (C=O) groups is 1. The molecule has 2 aromatic heterocycles. The average Bonchev–Trinajstić information content (AvgIpc) is 3.24. The van der Waals surface area contributed by atoms with Gasteiger partial charge in [-0.1, -0.05) is 12.1 Å². The maximum atomic E-state index is 13.2. The number of halogens is 1. The largest absolute Gasteiger partial charge is 0.338 e. The molecular weight excluding hydrogens is 357 g/mol. The molecule has 0 spiro atoms. The van der Waals surface area contributed by atoms with Crippen LogP contribution in [0.15, 0.2) is 48.8 Å². The molecule has 1 N–H and O–H groups in total. The Morgan fingerprint density at radius 1 is 1.21 bits per heavy atom. The first-order valence-corrected chi connectivity index (χ1v) is 9.10. The summed E-state index contributed by atoms with van der Waals surface area (Å²) in [5, 5.41) is 16.1. The van der Waals surface area contributed by atoms with Crippen molar-refractivity contribution in [1.82, 2.24) is 20.1 Å². The van der Waals surface area contributed by atoms with Crippen molar-refractivity contribution in [2.24, 2.45) is 0 Å². The summed E-state index contributed by atoms with van der Waals surface area (Å²) in [6.45, 7) is 1.24. The Bertz CT molecular complexity index is 1020.